The molecule has 0 saturated heterocycles. The van der Waals surface area contributed by atoms with Crippen molar-refractivity contribution in [2.75, 3.05) is 6.26 Å². The van der Waals surface area contributed by atoms with Crippen LogP contribution in [-0.2, 0) is 6.54 Å². The summed E-state index contributed by atoms with van der Waals surface area (Å²) in [5.41, 5.74) is 1.13. The van der Waals surface area contributed by atoms with E-state index < -0.39 is 0 Å². The van der Waals surface area contributed by atoms with Gasteiger partial charge in [-0.05, 0) is 31.1 Å². The molecule has 0 aliphatic heterocycles. The Morgan fingerprint density at radius 1 is 1.33 bits per heavy atom. The molecule has 0 heterocycles. The Morgan fingerprint density at radius 2 is 2.11 bits per heavy atom. The lowest BCUT2D eigenvalue weighted by Crippen LogP contribution is -2.40. The van der Waals surface area contributed by atoms with E-state index in [0.717, 1.165) is 18.4 Å². The normalized spacial score (nSPS) is 22.7. The summed E-state index contributed by atoms with van der Waals surface area (Å²) in [7, 11) is 0. The number of hydrogen-bond acceptors (Lipinski definition) is 2. The van der Waals surface area contributed by atoms with Crippen LogP contribution in [0.1, 0.15) is 24.8 Å². The van der Waals surface area contributed by atoms with Crippen LogP contribution in [0.25, 0.3) is 0 Å². The molecule has 2 rings (SSSR count). The van der Waals surface area contributed by atoms with Crippen molar-refractivity contribution >= 4 is 17.8 Å². The number of nitrogens with one attached hydrogen (secondary N) is 2. The number of carbonyl (C=O) groups excluding carboxylic acids is 1. The van der Waals surface area contributed by atoms with Gasteiger partial charge in [0.15, 0.2) is 0 Å². The summed E-state index contributed by atoms with van der Waals surface area (Å²) in [5, 5.41) is 6.66. The topological polar surface area (TPSA) is 41.1 Å². The van der Waals surface area contributed by atoms with Gasteiger partial charge in [0, 0.05) is 17.8 Å². The number of urea groups is 1. The maximum absolute atomic E-state index is 11.7. The molecule has 0 aromatic heterocycles. The third-order valence-corrected chi connectivity index (χ3v) is 4.44. The van der Waals surface area contributed by atoms with Crippen molar-refractivity contribution in [1.29, 1.82) is 0 Å². The van der Waals surface area contributed by atoms with Gasteiger partial charge in [0.1, 0.15) is 0 Å². The Morgan fingerprint density at radius 3 is 2.78 bits per heavy atom. The van der Waals surface area contributed by atoms with E-state index in [2.05, 4.69) is 16.9 Å². The number of carbonyl (C=O) groups is 1. The van der Waals surface area contributed by atoms with Crippen LogP contribution in [0.4, 0.5) is 4.79 Å². The van der Waals surface area contributed by atoms with Crippen molar-refractivity contribution in [2.45, 2.75) is 37.1 Å². The van der Waals surface area contributed by atoms with Gasteiger partial charge in [0.05, 0.1) is 0 Å². The smallest absolute Gasteiger partial charge is 0.315 e. The minimum Gasteiger partial charge on any atom is -0.335 e. The molecule has 0 bridgehead atoms. The second-order valence-electron chi connectivity index (χ2n) is 4.68. The Labute approximate surface area is 113 Å². The zero-order valence-electron chi connectivity index (χ0n) is 10.7. The predicted octanol–water partition coefficient (Wildman–Crippen LogP) is 2.77. The molecule has 2 amide bonds. The van der Waals surface area contributed by atoms with E-state index in [1.165, 1.54) is 6.42 Å². The van der Waals surface area contributed by atoms with Gasteiger partial charge in [-0.3, -0.25) is 0 Å². The lowest BCUT2D eigenvalue weighted by Gasteiger charge is -2.13. The van der Waals surface area contributed by atoms with Crippen LogP contribution in [0.5, 0.6) is 0 Å². The molecule has 2 atom stereocenters. The van der Waals surface area contributed by atoms with Gasteiger partial charge < -0.3 is 10.6 Å². The maximum atomic E-state index is 11.7. The summed E-state index contributed by atoms with van der Waals surface area (Å²) in [6.45, 7) is 0.589. The highest BCUT2D eigenvalue weighted by Crippen LogP contribution is 2.27. The molecule has 4 heteroatoms. The molecule has 3 nitrogen and oxygen atoms in total. The van der Waals surface area contributed by atoms with Gasteiger partial charge >= 0.3 is 6.03 Å². The molecule has 0 spiro atoms. The highest BCUT2D eigenvalue weighted by atomic mass is 32.2. The molecule has 1 aromatic carbocycles. The predicted molar refractivity (Wildman–Crippen MR) is 76.8 cm³/mol. The average molecular weight is 264 g/mol. The lowest BCUT2D eigenvalue weighted by atomic mass is 10.2. The Kier molecular flexibility index (Phi) is 4.93. The number of thioether (sulfide) groups is 1. The summed E-state index contributed by atoms with van der Waals surface area (Å²) >= 11 is 1.90. The Balaban J connectivity index is 1.70. The third kappa shape index (κ3) is 3.95. The van der Waals surface area contributed by atoms with Crippen LogP contribution in [-0.4, -0.2) is 23.6 Å². The SMILES string of the molecule is CSC1CCC(NC(=O)NCc2ccccc2)C1. The van der Waals surface area contributed by atoms with Crippen LogP contribution in [0.2, 0.25) is 0 Å². The molecule has 98 valence electrons. The van der Waals surface area contributed by atoms with Crippen molar-refractivity contribution < 1.29 is 4.79 Å². The molecular weight excluding hydrogens is 244 g/mol. The van der Waals surface area contributed by atoms with E-state index in [4.69, 9.17) is 0 Å². The monoisotopic (exact) mass is 264 g/mol. The third-order valence-electron chi connectivity index (χ3n) is 3.35. The molecule has 1 aromatic rings. The molecule has 2 N–H and O–H groups in total. The van der Waals surface area contributed by atoms with Gasteiger partial charge in [-0.2, -0.15) is 11.8 Å². The number of hydrogen-bond donors (Lipinski definition) is 2. The van der Waals surface area contributed by atoms with Crippen LogP contribution in [0.3, 0.4) is 0 Å². The average Bonchev–Trinajstić information content (AvgIpc) is 2.85. The first-order valence-electron chi connectivity index (χ1n) is 6.39. The minimum absolute atomic E-state index is 0.0504. The van der Waals surface area contributed by atoms with Gasteiger partial charge in [-0.15, -0.1) is 0 Å². The largest absolute Gasteiger partial charge is 0.335 e. The van der Waals surface area contributed by atoms with Crippen LogP contribution < -0.4 is 10.6 Å². The summed E-state index contributed by atoms with van der Waals surface area (Å²) < 4.78 is 0. The van der Waals surface area contributed by atoms with Crippen molar-refractivity contribution in [3.05, 3.63) is 35.9 Å². The highest BCUT2D eigenvalue weighted by molar-refractivity contribution is 7.99. The fourth-order valence-electron chi connectivity index (χ4n) is 2.30. The quantitative estimate of drug-likeness (QED) is 0.878. The van der Waals surface area contributed by atoms with Crippen molar-refractivity contribution in [3.8, 4) is 0 Å². The number of benzene rings is 1. The lowest BCUT2D eigenvalue weighted by molar-refractivity contribution is 0.236. The second kappa shape index (κ2) is 6.69. The fraction of sp³-hybridized carbons (Fsp3) is 0.500. The Hall–Kier alpha value is -1.16. The van der Waals surface area contributed by atoms with Crippen LogP contribution >= 0.6 is 11.8 Å². The number of amides is 2. The van der Waals surface area contributed by atoms with Gasteiger partial charge in [-0.25, -0.2) is 4.79 Å². The van der Waals surface area contributed by atoms with Crippen LogP contribution in [0, 0.1) is 0 Å². The minimum atomic E-state index is -0.0504. The van der Waals surface area contributed by atoms with Crippen molar-refractivity contribution in [1.82, 2.24) is 10.6 Å². The molecular formula is C14H20N2OS. The summed E-state index contributed by atoms with van der Waals surface area (Å²) in [5.74, 6) is 0. The van der Waals surface area contributed by atoms with E-state index in [-0.39, 0.29) is 6.03 Å². The van der Waals surface area contributed by atoms with Crippen molar-refractivity contribution in [2.24, 2.45) is 0 Å². The first-order valence-corrected chi connectivity index (χ1v) is 7.68. The summed E-state index contributed by atoms with van der Waals surface area (Å²) in [4.78, 5) is 11.7. The van der Waals surface area contributed by atoms with E-state index in [9.17, 15) is 4.79 Å². The summed E-state index contributed by atoms with van der Waals surface area (Å²) in [6, 6.07) is 10.3. The van der Waals surface area contributed by atoms with E-state index in [1.807, 2.05) is 42.1 Å². The van der Waals surface area contributed by atoms with Gasteiger partial charge in [0.25, 0.3) is 0 Å². The van der Waals surface area contributed by atoms with Gasteiger partial charge in [-0.1, -0.05) is 30.3 Å². The van der Waals surface area contributed by atoms with Crippen LogP contribution in [0.15, 0.2) is 30.3 Å². The Bertz CT molecular complexity index is 383. The molecule has 1 aliphatic rings. The van der Waals surface area contributed by atoms with E-state index in [1.54, 1.807) is 0 Å². The molecule has 18 heavy (non-hydrogen) atoms. The zero-order chi connectivity index (χ0) is 12.8. The zero-order valence-corrected chi connectivity index (χ0v) is 11.5. The summed E-state index contributed by atoms with van der Waals surface area (Å²) in [6.07, 6.45) is 5.55. The maximum Gasteiger partial charge on any atom is 0.315 e. The van der Waals surface area contributed by atoms with Crippen molar-refractivity contribution in [3.63, 3.8) is 0 Å². The highest BCUT2D eigenvalue weighted by Gasteiger charge is 2.24. The fourth-order valence-corrected chi connectivity index (χ4v) is 3.10. The standard InChI is InChI=1S/C14H20N2OS/c1-18-13-8-7-12(9-13)16-14(17)15-10-11-5-3-2-4-6-11/h2-6,12-13H,7-10H2,1H3,(H2,15,16,17). The number of rotatable bonds is 4. The molecule has 1 saturated carbocycles. The first-order chi connectivity index (χ1) is 8.78. The van der Waals surface area contributed by atoms with E-state index in [0.29, 0.717) is 17.8 Å². The molecule has 1 aliphatic carbocycles. The molecule has 2 unspecified atom stereocenters. The molecule has 0 radical (unpaired) electrons. The van der Waals surface area contributed by atoms with Gasteiger partial charge in [0.2, 0.25) is 0 Å². The second-order valence-corrected chi connectivity index (χ2v) is 5.82. The first kappa shape index (κ1) is 13.3. The van der Waals surface area contributed by atoms with E-state index >= 15 is 0 Å². The molecule has 1 fully saturated rings.